The van der Waals surface area contributed by atoms with Gasteiger partial charge < -0.3 is 39.0 Å². The Hall–Kier alpha value is -3.23. The molecule has 3 aliphatic rings. The summed E-state index contributed by atoms with van der Waals surface area (Å²) in [5.74, 6) is 1.05. The number of nitrogens with one attached hydrogen (secondary N) is 1. The van der Waals surface area contributed by atoms with Crippen LogP contribution in [0.3, 0.4) is 0 Å². The van der Waals surface area contributed by atoms with Crippen molar-refractivity contribution in [2.75, 3.05) is 20.7 Å². The number of aromatic nitrogens is 1. The SMILES string of the molecule is CC[C@H]1OC(=O)[C@H](C)C(=O)[C@H](C)[C@@H](O[C@@H]2O[C@H](C)C[C@H](N(C)C)[C@H]2O)C(C)(OCC#Cc2ccc(-c3cscn3)s2)C[C@@H](C)C(=O)[C@H](C)[C@H]2NC(=O)O[C@@]21C. The van der Waals surface area contributed by atoms with Crippen LogP contribution in [0.1, 0.15) is 79.5 Å². The number of esters is 1. The molecule has 0 aliphatic carbocycles. The van der Waals surface area contributed by atoms with Crippen LogP contribution in [0.2, 0.25) is 0 Å². The van der Waals surface area contributed by atoms with E-state index >= 15 is 0 Å². The average molecular weight is 802 g/mol. The summed E-state index contributed by atoms with van der Waals surface area (Å²) in [5, 5.41) is 16.3. The standard InChI is InChI=1S/C40H55N3O10S2/c1-11-30-40(8)34(42-38(48)53-40)23(4)31(44)21(2)18-39(7,49-16-12-13-26-14-15-29(55-26)27-19-54-20-41-27)35(24(5)32(45)25(6)36(47)51-30)52-37-33(46)28(43(9)10)17-22(3)50-37/h14-15,19-25,28,30,33-35,37,46H,11,16-18H2,1-10H3,(H,42,48)/t21-,22-,23+,24+,25-,28+,30-,33-,34-,35-,37+,39?,40-/m1/s1. The van der Waals surface area contributed by atoms with Crippen LogP contribution in [0, 0.1) is 35.5 Å². The van der Waals surface area contributed by atoms with Gasteiger partial charge in [-0.25, -0.2) is 9.78 Å². The first-order chi connectivity index (χ1) is 25.9. The van der Waals surface area contributed by atoms with Gasteiger partial charge in [0.15, 0.2) is 17.7 Å². The van der Waals surface area contributed by atoms with E-state index in [1.807, 2.05) is 43.4 Å². The van der Waals surface area contributed by atoms with Crippen LogP contribution in [0.25, 0.3) is 10.6 Å². The van der Waals surface area contributed by atoms with Crippen LogP contribution in [-0.2, 0) is 38.1 Å². The summed E-state index contributed by atoms with van der Waals surface area (Å²) in [7, 11) is 3.73. The number of thiazole rings is 1. The number of likely N-dealkylation sites (N-methyl/N-ethyl adjacent to an activating group) is 1. The highest BCUT2D eigenvalue weighted by Crippen LogP contribution is 2.40. The largest absolute Gasteiger partial charge is 0.458 e. The van der Waals surface area contributed by atoms with Gasteiger partial charge in [0.2, 0.25) is 0 Å². The van der Waals surface area contributed by atoms with E-state index in [4.69, 9.17) is 23.7 Å². The second-order valence-electron chi connectivity index (χ2n) is 15.8. The number of Topliss-reactive ketones (excluding diaryl/α,β-unsaturated/α-hetero) is 2. The second kappa shape index (κ2) is 17.5. The molecule has 5 rings (SSSR count). The van der Waals surface area contributed by atoms with Crippen LogP contribution < -0.4 is 5.32 Å². The molecule has 0 bridgehead atoms. The molecule has 2 aromatic rings. The number of alkyl carbamates (subject to hydrolysis) is 1. The molecule has 15 heteroatoms. The molecule has 13 nitrogen and oxygen atoms in total. The Bertz CT molecular complexity index is 1760. The average Bonchev–Trinajstić information content (AvgIpc) is 3.91. The summed E-state index contributed by atoms with van der Waals surface area (Å²) < 4.78 is 31.2. The molecule has 3 saturated heterocycles. The summed E-state index contributed by atoms with van der Waals surface area (Å²) in [6, 6.07) is 2.73. The molecular weight excluding hydrogens is 747 g/mol. The number of aliphatic hydroxyl groups is 1. The Morgan fingerprint density at radius 3 is 2.45 bits per heavy atom. The first kappa shape index (κ1) is 42.9. The first-order valence-electron chi connectivity index (χ1n) is 18.9. The number of rotatable bonds is 7. The van der Waals surface area contributed by atoms with Crippen LogP contribution in [0.5, 0.6) is 0 Å². The minimum atomic E-state index is -1.39. The number of carbonyl (C=O) groups excluding carboxylic acids is 4. The molecule has 13 atom stereocenters. The van der Waals surface area contributed by atoms with Gasteiger partial charge in [-0.2, -0.15) is 0 Å². The molecule has 55 heavy (non-hydrogen) atoms. The molecule has 0 spiro atoms. The minimum Gasteiger partial charge on any atom is -0.458 e. The second-order valence-corrected chi connectivity index (χ2v) is 17.6. The van der Waals surface area contributed by atoms with Crippen molar-refractivity contribution >= 4 is 46.3 Å². The third-order valence-electron chi connectivity index (χ3n) is 11.4. The monoisotopic (exact) mass is 801 g/mol. The van der Waals surface area contributed by atoms with Crippen molar-refractivity contribution < 1.29 is 48.0 Å². The first-order valence-corrected chi connectivity index (χ1v) is 20.7. The topological polar surface area (TPSA) is 163 Å². The van der Waals surface area contributed by atoms with Gasteiger partial charge >= 0.3 is 12.1 Å². The van der Waals surface area contributed by atoms with Gasteiger partial charge in [-0.05, 0) is 73.2 Å². The molecule has 3 fully saturated rings. The van der Waals surface area contributed by atoms with Crippen molar-refractivity contribution in [3.8, 4) is 22.4 Å². The summed E-state index contributed by atoms with van der Waals surface area (Å²) in [5.41, 5.74) is -0.123. The predicted octanol–water partition coefficient (Wildman–Crippen LogP) is 5.08. The zero-order valence-corrected chi connectivity index (χ0v) is 35.0. The lowest BCUT2D eigenvalue weighted by atomic mass is 9.73. The Balaban J connectivity index is 1.55. The molecule has 5 heterocycles. The minimum absolute atomic E-state index is 0.0663. The number of hydrogen-bond acceptors (Lipinski definition) is 14. The van der Waals surface area contributed by atoms with Gasteiger partial charge in [-0.3, -0.25) is 14.4 Å². The summed E-state index contributed by atoms with van der Waals surface area (Å²) in [6.45, 7) is 13.6. The van der Waals surface area contributed by atoms with Crippen molar-refractivity contribution in [3.05, 3.63) is 27.9 Å². The fourth-order valence-electron chi connectivity index (χ4n) is 8.33. The maximum absolute atomic E-state index is 14.4. The fourth-order valence-corrected chi connectivity index (χ4v) is 9.80. The molecule has 3 aliphatic heterocycles. The van der Waals surface area contributed by atoms with E-state index in [0.29, 0.717) is 6.42 Å². The number of fused-ring (bicyclic) bond motifs is 1. The number of nitrogens with zero attached hydrogens (tertiary/aromatic N) is 2. The molecule has 302 valence electrons. The molecular formula is C40H55N3O10S2. The highest BCUT2D eigenvalue weighted by atomic mass is 32.1. The smallest absolute Gasteiger partial charge is 0.408 e. The predicted molar refractivity (Wildman–Crippen MR) is 207 cm³/mol. The third-order valence-corrected chi connectivity index (χ3v) is 13.0. The number of aliphatic hydroxyl groups excluding tert-OH is 1. The molecule has 0 radical (unpaired) electrons. The van der Waals surface area contributed by atoms with E-state index in [1.54, 1.807) is 47.1 Å². The lowest BCUT2D eigenvalue weighted by molar-refractivity contribution is -0.296. The van der Waals surface area contributed by atoms with E-state index in [-0.39, 0.29) is 37.4 Å². The summed E-state index contributed by atoms with van der Waals surface area (Å²) >= 11 is 3.02. The van der Waals surface area contributed by atoms with Crippen LogP contribution in [-0.4, -0.2) is 113 Å². The molecule has 1 amide bonds. The summed E-state index contributed by atoms with van der Waals surface area (Å²) in [4.78, 5) is 63.4. The van der Waals surface area contributed by atoms with Crippen molar-refractivity contribution in [3.63, 3.8) is 0 Å². The number of thiophene rings is 1. The van der Waals surface area contributed by atoms with Gasteiger partial charge in [0.1, 0.15) is 30.5 Å². The quantitative estimate of drug-likeness (QED) is 0.217. The third kappa shape index (κ3) is 9.17. The maximum atomic E-state index is 14.4. The molecule has 2 N–H and O–H groups in total. The number of ether oxygens (including phenoxy) is 5. The van der Waals surface area contributed by atoms with Gasteiger partial charge in [0.25, 0.3) is 0 Å². The number of carbonyl (C=O) groups is 4. The lowest BCUT2D eigenvalue weighted by Crippen LogP contribution is -2.60. The van der Waals surface area contributed by atoms with Crippen LogP contribution in [0.4, 0.5) is 4.79 Å². The van der Waals surface area contributed by atoms with E-state index in [1.165, 1.54) is 29.6 Å². The van der Waals surface area contributed by atoms with Crippen LogP contribution in [0.15, 0.2) is 23.0 Å². The van der Waals surface area contributed by atoms with E-state index in [9.17, 15) is 24.3 Å². The van der Waals surface area contributed by atoms with Gasteiger partial charge in [-0.15, -0.1) is 22.7 Å². The van der Waals surface area contributed by atoms with Crippen molar-refractivity contribution in [1.29, 1.82) is 0 Å². The molecule has 1 unspecified atom stereocenters. The van der Waals surface area contributed by atoms with Gasteiger partial charge in [0.05, 0.1) is 44.8 Å². The molecule has 0 saturated carbocycles. The van der Waals surface area contributed by atoms with Crippen molar-refractivity contribution in [2.45, 2.75) is 129 Å². The number of hydrogen-bond donors (Lipinski definition) is 2. The van der Waals surface area contributed by atoms with Crippen molar-refractivity contribution in [2.24, 2.45) is 23.7 Å². The van der Waals surface area contributed by atoms with Gasteiger partial charge in [0, 0.05) is 29.2 Å². The molecule has 0 aromatic carbocycles. The Kier molecular flexibility index (Phi) is 13.7. The highest BCUT2D eigenvalue weighted by molar-refractivity contribution is 7.16. The molecule has 2 aromatic heterocycles. The zero-order chi connectivity index (χ0) is 40.4. The number of cyclic esters (lactones) is 1. The Morgan fingerprint density at radius 1 is 1.07 bits per heavy atom. The van der Waals surface area contributed by atoms with Gasteiger partial charge in [-0.1, -0.05) is 39.5 Å². The van der Waals surface area contributed by atoms with Crippen molar-refractivity contribution in [1.82, 2.24) is 15.2 Å². The maximum Gasteiger partial charge on any atom is 0.408 e. The van der Waals surface area contributed by atoms with E-state index in [0.717, 1.165) is 15.4 Å². The highest BCUT2D eigenvalue weighted by Gasteiger charge is 2.57. The number of ketones is 2. The Morgan fingerprint density at radius 2 is 1.80 bits per heavy atom. The number of amides is 1. The Labute approximate surface area is 331 Å². The van der Waals surface area contributed by atoms with E-state index in [2.05, 4.69) is 22.1 Å². The summed E-state index contributed by atoms with van der Waals surface area (Å²) in [6.07, 6.45) is -4.46. The lowest BCUT2D eigenvalue weighted by Gasteiger charge is -2.47. The van der Waals surface area contributed by atoms with Crippen LogP contribution >= 0.6 is 22.7 Å². The fraction of sp³-hybridized carbons (Fsp3) is 0.675. The normalized spacial score (nSPS) is 37.6. The zero-order valence-electron chi connectivity index (χ0n) is 33.3. The van der Waals surface area contributed by atoms with E-state index < -0.39 is 83.4 Å².